The smallest absolute Gasteiger partial charge is 0.410 e. The Morgan fingerprint density at radius 1 is 1.35 bits per heavy atom. The van der Waals surface area contributed by atoms with Gasteiger partial charge in [-0.25, -0.2) is 4.79 Å². The molecule has 6 heteroatoms. The van der Waals surface area contributed by atoms with Crippen molar-refractivity contribution in [1.29, 1.82) is 0 Å². The van der Waals surface area contributed by atoms with Crippen molar-refractivity contribution >= 4 is 6.09 Å². The van der Waals surface area contributed by atoms with Crippen molar-refractivity contribution < 1.29 is 9.53 Å². The summed E-state index contributed by atoms with van der Waals surface area (Å²) in [6.45, 7) is 7.83. The minimum absolute atomic E-state index is 0.171. The van der Waals surface area contributed by atoms with Crippen molar-refractivity contribution in [2.75, 3.05) is 26.7 Å². The monoisotopic (exact) mass is 280 g/mol. The zero-order valence-electron chi connectivity index (χ0n) is 13.0. The molecule has 1 atom stereocenters. The van der Waals surface area contributed by atoms with Gasteiger partial charge in [0.25, 0.3) is 0 Å². The molecule has 6 nitrogen and oxygen atoms in total. The summed E-state index contributed by atoms with van der Waals surface area (Å²) >= 11 is 0. The van der Waals surface area contributed by atoms with Crippen LogP contribution in [0.5, 0.6) is 0 Å². The first-order valence-corrected chi connectivity index (χ1v) is 6.93. The van der Waals surface area contributed by atoms with E-state index in [1.165, 1.54) is 0 Å². The highest BCUT2D eigenvalue weighted by Gasteiger charge is 2.31. The summed E-state index contributed by atoms with van der Waals surface area (Å²) in [6.07, 6.45) is 3.62. The van der Waals surface area contributed by atoms with Gasteiger partial charge in [0.2, 0.25) is 0 Å². The van der Waals surface area contributed by atoms with Gasteiger partial charge in [-0.3, -0.25) is 9.58 Å². The molecule has 20 heavy (non-hydrogen) atoms. The molecule has 0 aliphatic carbocycles. The molecule has 112 valence electrons. The minimum Gasteiger partial charge on any atom is -0.444 e. The molecule has 0 spiro atoms. The number of hydrogen-bond acceptors (Lipinski definition) is 4. The number of aryl methyl sites for hydroxylation is 1. The van der Waals surface area contributed by atoms with E-state index in [2.05, 4.69) is 17.0 Å². The highest BCUT2D eigenvalue weighted by Crippen LogP contribution is 2.24. The summed E-state index contributed by atoms with van der Waals surface area (Å²) in [7, 11) is 3.97. The van der Waals surface area contributed by atoms with Crippen molar-refractivity contribution in [2.45, 2.75) is 32.4 Å². The van der Waals surface area contributed by atoms with Crippen LogP contribution in [-0.2, 0) is 11.8 Å². The van der Waals surface area contributed by atoms with Gasteiger partial charge in [0.05, 0.1) is 12.2 Å². The molecule has 0 aromatic carbocycles. The number of carbonyl (C=O) groups is 1. The molecule has 0 N–H and O–H groups in total. The maximum atomic E-state index is 12.2. The van der Waals surface area contributed by atoms with Gasteiger partial charge in [0, 0.05) is 38.4 Å². The van der Waals surface area contributed by atoms with Gasteiger partial charge in [0.15, 0.2) is 0 Å². The van der Waals surface area contributed by atoms with E-state index in [0.717, 1.165) is 12.1 Å². The Hall–Kier alpha value is -1.56. The summed E-state index contributed by atoms with van der Waals surface area (Å²) in [6, 6.07) is 0.171. The second-order valence-electron chi connectivity index (χ2n) is 6.37. The lowest BCUT2D eigenvalue weighted by molar-refractivity contribution is 0.00738. The van der Waals surface area contributed by atoms with E-state index < -0.39 is 5.60 Å². The molecule has 0 bridgehead atoms. The van der Waals surface area contributed by atoms with E-state index in [0.29, 0.717) is 13.1 Å². The highest BCUT2D eigenvalue weighted by molar-refractivity contribution is 5.68. The normalized spacial score (nSPS) is 21.1. The van der Waals surface area contributed by atoms with Crippen LogP contribution in [0.2, 0.25) is 0 Å². The quantitative estimate of drug-likeness (QED) is 0.785. The second kappa shape index (κ2) is 5.44. The molecule has 1 saturated heterocycles. The lowest BCUT2D eigenvalue weighted by atomic mass is 10.1. The van der Waals surface area contributed by atoms with Crippen LogP contribution in [-0.4, -0.2) is 58.0 Å². The predicted molar refractivity (Wildman–Crippen MR) is 76.4 cm³/mol. The largest absolute Gasteiger partial charge is 0.444 e. The topological polar surface area (TPSA) is 50.6 Å². The van der Waals surface area contributed by atoms with Crippen molar-refractivity contribution in [3.8, 4) is 0 Å². The molecule has 2 rings (SSSR count). The van der Waals surface area contributed by atoms with Crippen molar-refractivity contribution in [2.24, 2.45) is 7.05 Å². The number of ether oxygens (including phenoxy) is 1. The highest BCUT2D eigenvalue weighted by atomic mass is 16.6. The maximum Gasteiger partial charge on any atom is 0.410 e. The van der Waals surface area contributed by atoms with Crippen molar-refractivity contribution in [1.82, 2.24) is 19.6 Å². The molecule has 2 heterocycles. The molecular formula is C14H24N4O2. The predicted octanol–water partition coefficient (Wildman–Crippen LogP) is 1.64. The number of carbonyl (C=O) groups excluding carboxylic acids is 1. The van der Waals surface area contributed by atoms with Crippen LogP contribution in [0.1, 0.15) is 32.4 Å². The van der Waals surface area contributed by atoms with Crippen LogP contribution < -0.4 is 0 Å². The zero-order valence-corrected chi connectivity index (χ0v) is 13.0. The Morgan fingerprint density at radius 3 is 2.60 bits per heavy atom. The third kappa shape index (κ3) is 3.50. The first-order valence-electron chi connectivity index (χ1n) is 6.93. The van der Waals surface area contributed by atoms with Gasteiger partial charge in [-0.2, -0.15) is 5.10 Å². The van der Waals surface area contributed by atoms with Crippen LogP contribution in [0.15, 0.2) is 12.4 Å². The van der Waals surface area contributed by atoms with Gasteiger partial charge in [-0.05, 0) is 27.8 Å². The summed E-state index contributed by atoms with van der Waals surface area (Å²) in [5, 5.41) is 4.21. The standard InChI is InChI=1S/C14H24N4O2/c1-14(2,3)20-13(19)18-7-6-16(4)12(10-18)11-8-15-17(5)9-11/h8-9,12H,6-7,10H2,1-5H3. The number of nitrogens with zero attached hydrogens (tertiary/aromatic N) is 4. The SMILES string of the molecule is CN1CCN(C(=O)OC(C)(C)C)CC1c1cnn(C)c1. The van der Waals surface area contributed by atoms with Gasteiger partial charge in [0.1, 0.15) is 5.60 Å². The molecule has 1 aromatic heterocycles. The Labute approximate surface area is 120 Å². The van der Waals surface area contributed by atoms with Crippen LogP contribution >= 0.6 is 0 Å². The van der Waals surface area contributed by atoms with Crippen LogP contribution in [0, 0.1) is 0 Å². The van der Waals surface area contributed by atoms with E-state index >= 15 is 0 Å². The molecular weight excluding hydrogens is 256 g/mol. The first kappa shape index (κ1) is 14.8. The van der Waals surface area contributed by atoms with Crippen molar-refractivity contribution in [3.05, 3.63) is 18.0 Å². The molecule has 1 unspecified atom stereocenters. The Bertz CT molecular complexity index is 478. The zero-order chi connectivity index (χ0) is 14.9. The fourth-order valence-electron chi connectivity index (χ4n) is 2.34. The third-order valence-electron chi connectivity index (χ3n) is 3.41. The molecule has 1 amide bonds. The van der Waals surface area contributed by atoms with Gasteiger partial charge >= 0.3 is 6.09 Å². The van der Waals surface area contributed by atoms with Gasteiger partial charge in [-0.1, -0.05) is 0 Å². The lowest BCUT2D eigenvalue weighted by Crippen LogP contribution is -2.50. The Balaban J connectivity index is 2.06. The van der Waals surface area contributed by atoms with Crippen molar-refractivity contribution in [3.63, 3.8) is 0 Å². The summed E-state index contributed by atoms with van der Waals surface area (Å²) < 4.78 is 7.24. The maximum absolute atomic E-state index is 12.2. The second-order valence-corrected chi connectivity index (χ2v) is 6.37. The first-order chi connectivity index (χ1) is 9.26. The number of piperazine rings is 1. The molecule has 1 aliphatic heterocycles. The molecule has 0 radical (unpaired) electrons. The Morgan fingerprint density at radius 2 is 2.05 bits per heavy atom. The van der Waals surface area contributed by atoms with E-state index in [1.807, 2.05) is 40.2 Å². The summed E-state index contributed by atoms with van der Waals surface area (Å²) in [5.74, 6) is 0. The fourth-order valence-corrected chi connectivity index (χ4v) is 2.34. The third-order valence-corrected chi connectivity index (χ3v) is 3.41. The van der Waals surface area contributed by atoms with E-state index in [9.17, 15) is 4.79 Å². The Kier molecular flexibility index (Phi) is 4.04. The van der Waals surface area contributed by atoms with Crippen LogP contribution in [0.4, 0.5) is 4.79 Å². The van der Waals surface area contributed by atoms with Crippen LogP contribution in [0.3, 0.4) is 0 Å². The minimum atomic E-state index is -0.454. The fraction of sp³-hybridized carbons (Fsp3) is 0.714. The molecule has 1 fully saturated rings. The average molecular weight is 280 g/mol. The number of aromatic nitrogens is 2. The summed E-state index contributed by atoms with van der Waals surface area (Å²) in [4.78, 5) is 16.2. The van der Waals surface area contributed by atoms with E-state index in [4.69, 9.17) is 4.74 Å². The average Bonchev–Trinajstić information content (AvgIpc) is 2.74. The van der Waals surface area contributed by atoms with Gasteiger partial charge < -0.3 is 9.64 Å². The van der Waals surface area contributed by atoms with Gasteiger partial charge in [-0.15, -0.1) is 0 Å². The van der Waals surface area contributed by atoms with Crippen LogP contribution in [0.25, 0.3) is 0 Å². The number of likely N-dealkylation sites (N-methyl/N-ethyl adjacent to an activating group) is 1. The number of hydrogen-bond donors (Lipinski definition) is 0. The number of rotatable bonds is 1. The lowest BCUT2D eigenvalue weighted by Gasteiger charge is -2.39. The molecule has 1 aliphatic rings. The summed E-state index contributed by atoms with van der Waals surface area (Å²) in [5.41, 5.74) is 0.674. The van der Waals surface area contributed by atoms with E-state index in [1.54, 1.807) is 9.58 Å². The molecule has 0 saturated carbocycles. The number of amides is 1. The molecule has 1 aromatic rings. The van der Waals surface area contributed by atoms with E-state index in [-0.39, 0.29) is 12.1 Å².